The van der Waals surface area contributed by atoms with Crippen molar-refractivity contribution >= 4 is 34.4 Å². The van der Waals surface area contributed by atoms with Gasteiger partial charge in [0.15, 0.2) is 11.5 Å². The van der Waals surface area contributed by atoms with Gasteiger partial charge in [-0.15, -0.1) is 0 Å². The van der Waals surface area contributed by atoms with E-state index in [1.165, 1.54) is 0 Å². The van der Waals surface area contributed by atoms with Gasteiger partial charge in [-0.25, -0.2) is 15.0 Å². The van der Waals surface area contributed by atoms with Crippen LogP contribution >= 0.6 is 11.6 Å². The molecule has 7 heteroatoms. The second-order valence-corrected chi connectivity index (χ2v) is 6.51. The van der Waals surface area contributed by atoms with E-state index in [4.69, 9.17) is 11.6 Å². The maximum absolute atomic E-state index is 12.7. The number of carbonyl (C=O) groups excluding carboxylic acids is 1. The van der Waals surface area contributed by atoms with E-state index in [0.29, 0.717) is 22.0 Å². The average molecular weight is 378 g/mol. The molecule has 0 aliphatic rings. The van der Waals surface area contributed by atoms with Gasteiger partial charge in [0.05, 0.1) is 12.5 Å². The van der Waals surface area contributed by atoms with Crippen molar-refractivity contribution in [2.24, 2.45) is 0 Å². The molecule has 0 aliphatic heterocycles. The van der Waals surface area contributed by atoms with E-state index in [1.807, 2.05) is 42.5 Å². The SMILES string of the molecule is CN(C(=O)Cn1cnc2cnc(-c3ccccc3)nc21)c1ccc(Cl)cc1. The summed E-state index contributed by atoms with van der Waals surface area (Å²) in [5.74, 6) is 0.514. The van der Waals surface area contributed by atoms with Crippen LogP contribution in [-0.4, -0.2) is 32.5 Å². The molecule has 1 amide bonds. The highest BCUT2D eigenvalue weighted by molar-refractivity contribution is 6.30. The Morgan fingerprint density at radius 2 is 1.81 bits per heavy atom. The molecule has 0 saturated heterocycles. The Morgan fingerprint density at radius 1 is 1.07 bits per heavy atom. The summed E-state index contributed by atoms with van der Waals surface area (Å²) >= 11 is 5.91. The highest BCUT2D eigenvalue weighted by Crippen LogP contribution is 2.19. The number of hydrogen-bond acceptors (Lipinski definition) is 4. The molecule has 0 atom stereocenters. The molecule has 0 aliphatic carbocycles. The Kier molecular flexibility index (Phi) is 4.56. The molecule has 0 radical (unpaired) electrons. The van der Waals surface area contributed by atoms with Gasteiger partial charge in [-0.1, -0.05) is 41.9 Å². The Bertz CT molecular complexity index is 1090. The number of likely N-dealkylation sites (N-methyl/N-ethyl adjacent to an activating group) is 1. The molecule has 2 aromatic carbocycles. The highest BCUT2D eigenvalue weighted by Gasteiger charge is 2.15. The van der Waals surface area contributed by atoms with Gasteiger partial charge in [-0.05, 0) is 24.3 Å². The van der Waals surface area contributed by atoms with Gasteiger partial charge in [0.1, 0.15) is 12.1 Å². The summed E-state index contributed by atoms with van der Waals surface area (Å²) in [4.78, 5) is 27.5. The average Bonchev–Trinajstić information content (AvgIpc) is 3.10. The Labute approximate surface area is 161 Å². The topological polar surface area (TPSA) is 63.9 Å². The van der Waals surface area contributed by atoms with Crippen molar-refractivity contribution in [1.29, 1.82) is 0 Å². The van der Waals surface area contributed by atoms with Crippen LogP contribution in [0, 0.1) is 0 Å². The van der Waals surface area contributed by atoms with Gasteiger partial charge in [-0.3, -0.25) is 4.79 Å². The summed E-state index contributed by atoms with van der Waals surface area (Å²) in [6, 6.07) is 16.8. The molecule has 0 unspecified atom stereocenters. The molecule has 2 heterocycles. The lowest BCUT2D eigenvalue weighted by molar-refractivity contribution is -0.118. The van der Waals surface area contributed by atoms with E-state index in [9.17, 15) is 4.79 Å². The van der Waals surface area contributed by atoms with Crippen LogP contribution < -0.4 is 4.90 Å². The predicted octanol–water partition coefficient (Wildman–Crippen LogP) is 3.81. The highest BCUT2D eigenvalue weighted by atomic mass is 35.5. The third-order valence-corrected chi connectivity index (χ3v) is 4.54. The second-order valence-electron chi connectivity index (χ2n) is 6.07. The quantitative estimate of drug-likeness (QED) is 0.542. The van der Waals surface area contributed by atoms with Crippen LogP contribution in [0.25, 0.3) is 22.6 Å². The zero-order valence-electron chi connectivity index (χ0n) is 14.6. The minimum Gasteiger partial charge on any atom is -0.314 e. The minimum absolute atomic E-state index is 0.0866. The van der Waals surface area contributed by atoms with E-state index < -0.39 is 0 Å². The number of anilines is 1. The number of halogens is 1. The number of hydrogen-bond donors (Lipinski definition) is 0. The Hall–Kier alpha value is -3.25. The van der Waals surface area contributed by atoms with Crippen molar-refractivity contribution in [3.63, 3.8) is 0 Å². The maximum Gasteiger partial charge on any atom is 0.246 e. The molecule has 27 heavy (non-hydrogen) atoms. The van der Waals surface area contributed by atoms with Crippen molar-refractivity contribution < 1.29 is 4.79 Å². The molecule has 0 fully saturated rings. The van der Waals surface area contributed by atoms with Crippen LogP contribution in [0.3, 0.4) is 0 Å². The normalized spacial score (nSPS) is 10.9. The third kappa shape index (κ3) is 3.52. The monoisotopic (exact) mass is 377 g/mol. The largest absolute Gasteiger partial charge is 0.314 e. The first kappa shape index (κ1) is 17.2. The lowest BCUT2D eigenvalue weighted by atomic mass is 10.2. The fourth-order valence-electron chi connectivity index (χ4n) is 2.76. The van der Waals surface area contributed by atoms with Gasteiger partial charge in [0.25, 0.3) is 0 Å². The van der Waals surface area contributed by atoms with Crippen molar-refractivity contribution in [3.8, 4) is 11.4 Å². The summed E-state index contributed by atoms with van der Waals surface area (Å²) in [5, 5.41) is 0.630. The molecule has 134 valence electrons. The fourth-order valence-corrected chi connectivity index (χ4v) is 2.88. The van der Waals surface area contributed by atoms with E-state index in [1.54, 1.807) is 41.2 Å². The number of carbonyl (C=O) groups is 1. The predicted molar refractivity (Wildman–Crippen MR) is 106 cm³/mol. The van der Waals surface area contributed by atoms with Crippen molar-refractivity contribution in [3.05, 3.63) is 72.1 Å². The fraction of sp³-hybridized carbons (Fsp3) is 0.100. The lowest BCUT2D eigenvalue weighted by Gasteiger charge is -2.17. The van der Waals surface area contributed by atoms with Gasteiger partial charge in [-0.2, -0.15) is 0 Å². The summed E-state index contributed by atoms with van der Waals surface area (Å²) in [6.45, 7) is 0.126. The zero-order chi connectivity index (χ0) is 18.8. The van der Waals surface area contributed by atoms with Crippen LogP contribution in [0.15, 0.2) is 67.1 Å². The third-order valence-electron chi connectivity index (χ3n) is 4.28. The second kappa shape index (κ2) is 7.17. The van der Waals surface area contributed by atoms with Gasteiger partial charge in [0.2, 0.25) is 5.91 Å². The van der Waals surface area contributed by atoms with Crippen LogP contribution in [-0.2, 0) is 11.3 Å². The Balaban J connectivity index is 1.61. The molecule has 6 nitrogen and oxygen atoms in total. The summed E-state index contributed by atoms with van der Waals surface area (Å²) in [7, 11) is 1.73. The molecule has 2 aromatic heterocycles. The van der Waals surface area contributed by atoms with Crippen molar-refractivity contribution in [2.75, 3.05) is 11.9 Å². The minimum atomic E-state index is -0.0866. The number of aromatic nitrogens is 4. The molecule has 0 spiro atoms. The van der Waals surface area contributed by atoms with E-state index in [2.05, 4.69) is 15.0 Å². The number of benzene rings is 2. The van der Waals surface area contributed by atoms with Crippen LogP contribution in [0.5, 0.6) is 0 Å². The first-order valence-corrected chi connectivity index (χ1v) is 8.75. The molecule has 4 rings (SSSR count). The van der Waals surface area contributed by atoms with Crippen LogP contribution in [0.4, 0.5) is 5.69 Å². The van der Waals surface area contributed by atoms with Gasteiger partial charge < -0.3 is 9.47 Å². The van der Waals surface area contributed by atoms with Crippen LogP contribution in [0.2, 0.25) is 5.02 Å². The standard InChI is InChI=1S/C20H16ClN5O/c1-25(16-9-7-15(21)8-10-16)18(27)12-26-13-23-17-11-22-19(24-20(17)26)14-5-3-2-4-6-14/h2-11,13H,12H2,1H3. The molecular weight excluding hydrogens is 362 g/mol. The van der Waals surface area contributed by atoms with Gasteiger partial charge in [0, 0.05) is 23.3 Å². The van der Waals surface area contributed by atoms with E-state index in [-0.39, 0.29) is 12.5 Å². The summed E-state index contributed by atoms with van der Waals surface area (Å²) in [6.07, 6.45) is 3.29. The van der Waals surface area contributed by atoms with Gasteiger partial charge >= 0.3 is 0 Å². The molecule has 0 N–H and O–H groups in total. The maximum atomic E-state index is 12.7. The molecule has 0 saturated carbocycles. The Morgan fingerprint density at radius 3 is 2.56 bits per heavy atom. The number of imidazole rings is 1. The summed E-state index contributed by atoms with van der Waals surface area (Å²) in [5.41, 5.74) is 2.96. The number of fused-ring (bicyclic) bond motifs is 1. The number of rotatable bonds is 4. The van der Waals surface area contributed by atoms with Crippen molar-refractivity contribution in [1.82, 2.24) is 19.5 Å². The summed E-state index contributed by atoms with van der Waals surface area (Å²) < 4.78 is 1.73. The molecular formula is C20H16ClN5O. The zero-order valence-corrected chi connectivity index (χ0v) is 15.3. The first-order chi connectivity index (χ1) is 13.1. The van der Waals surface area contributed by atoms with Crippen molar-refractivity contribution in [2.45, 2.75) is 6.54 Å². The first-order valence-electron chi connectivity index (χ1n) is 8.37. The lowest BCUT2D eigenvalue weighted by Crippen LogP contribution is -2.29. The van der Waals surface area contributed by atoms with E-state index in [0.717, 1.165) is 11.3 Å². The van der Waals surface area contributed by atoms with E-state index >= 15 is 0 Å². The number of amides is 1. The smallest absolute Gasteiger partial charge is 0.246 e. The number of nitrogens with zero attached hydrogens (tertiary/aromatic N) is 5. The molecule has 0 bridgehead atoms. The van der Waals surface area contributed by atoms with Crippen LogP contribution in [0.1, 0.15) is 0 Å². The molecule has 4 aromatic rings.